The second-order valence-electron chi connectivity index (χ2n) is 9.08. The molecule has 2 saturated heterocycles. The molecule has 0 bridgehead atoms. The van der Waals surface area contributed by atoms with Gasteiger partial charge in [-0.3, -0.25) is 4.79 Å². The molecule has 2 aliphatic rings. The van der Waals surface area contributed by atoms with Gasteiger partial charge < -0.3 is 18.9 Å². The van der Waals surface area contributed by atoms with Gasteiger partial charge in [0, 0.05) is 0 Å². The Kier molecular flexibility index (Phi) is 5.64. The Bertz CT molecular complexity index is 500. The third-order valence-corrected chi connectivity index (χ3v) is 6.27. The molecule has 2 unspecified atom stereocenters. The molecule has 0 spiro atoms. The van der Waals surface area contributed by atoms with E-state index in [0.717, 1.165) is 19.3 Å². The normalized spacial score (nSPS) is 35.7. The van der Waals surface area contributed by atoms with Gasteiger partial charge in [-0.1, -0.05) is 20.3 Å². The fourth-order valence-electron chi connectivity index (χ4n) is 3.70. The van der Waals surface area contributed by atoms with E-state index in [-0.39, 0.29) is 17.7 Å². The third-order valence-electron chi connectivity index (χ3n) is 6.27. The standard InChI is InChI=1S/C20H36O5/c1-9-11-17(3,4)16(21)24-14-12-22-20(8)15(13-23-19(14,20)7)25-18(5,6)10-2/h14-15H,9-13H2,1-8H3/t14?,15?,19-,20-/m1/s1. The predicted octanol–water partition coefficient (Wildman–Crippen LogP) is 3.88. The lowest BCUT2D eigenvalue weighted by atomic mass is 9.81. The summed E-state index contributed by atoms with van der Waals surface area (Å²) in [6.07, 6.45) is 2.04. The number of esters is 1. The van der Waals surface area contributed by atoms with Crippen molar-refractivity contribution in [3.05, 3.63) is 0 Å². The summed E-state index contributed by atoms with van der Waals surface area (Å²) >= 11 is 0. The van der Waals surface area contributed by atoms with E-state index in [9.17, 15) is 4.79 Å². The number of rotatable bonds is 7. The molecule has 25 heavy (non-hydrogen) atoms. The van der Waals surface area contributed by atoms with Gasteiger partial charge in [-0.15, -0.1) is 0 Å². The Hall–Kier alpha value is -0.650. The summed E-state index contributed by atoms with van der Waals surface area (Å²) in [4.78, 5) is 12.6. The Morgan fingerprint density at radius 3 is 2.08 bits per heavy atom. The van der Waals surface area contributed by atoms with E-state index in [1.54, 1.807) is 0 Å². The van der Waals surface area contributed by atoms with Crippen molar-refractivity contribution in [1.29, 1.82) is 0 Å². The van der Waals surface area contributed by atoms with Gasteiger partial charge in [-0.05, 0) is 54.4 Å². The molecule has 0 aromatic carbocycles. The zero-order valence-electron chi connectivity index (χ0n) is 17.2. The monoisotopic (exact) mass is 356 g/mol. The lowest BCUT2D eigenvalue weighted by molar-refractivity contribution is -0.173. The first-order chi connectivity index (χ1) is 11.4. The highest BCUT2D eigenvalue weighted by Gasteiger charge is 2.68. The van der Waals surface area contributed by atoms with Gasteiger partial charge >= 0.3 is 5.97 Å². The van der Waals surface area contributed by atoms with Crippen LogP contribution in [0.1, 0.15) is 74.7 Å². The van der Waals surface area contributed by atoms with Gasteiger partial charge in [0.25, 0.3) is 0 Å². The summed E-state index contributed by atoms with van der Waals surface area (Å²) in [5.41, 5.74) is -2.06. The lowest BCUT2D eigenvalue weighted by Crippen LogP contribution is -2.56. The molecule has 4 atom stereocenters. The van der Waals surface area contributed by atoms with E-state index in [4.69, 9.17) is 18.9 Å². The maximum Gasteiger partial charge on any atom is 0.311 e. The number of fused-ring (bicyclic) bond motifs is 1. The van der Waals surface area contributed by atoms with Crippen molar-refractivity contribution in [2.45, 2.75) is 104 Å². The van der Waals surface area contributed by atoms with Crippen LogP contribution < -0.4 is 0 Å². The molecule has 146 valence electrons. The number of ether oxygens (including phenoxy) is 4. The smallest absolute Gasteiger partial charge is 0.311 e. The van der Waals surface area contributed by atoms with Crippen LogP contribution in [0.4, 0.5) is 0 Å². The number of carbonyl (C=O) groups is 1. The molecule has 0 saturated carbocycles. The van der Waals surface area contributed by atoms with Crippen LogP contribution >= 0.6 is 0 Å². The fourth-order valence-corrected chi connectivity index (χ4v) is 3.70. The first-order valence-corrected chi connectivity index (χ1v) is 9.58. The Morgan fingerprint density at radius 1 is 1.04 bits per heavy atom. The van der Waals surface area contributed by atoms with E-state index < -0.39 is 22.7 Å². The lowest BCUT2D eigenvalue weighted by Gasteiger charge is -2.39. The second-order valence-corrected chi connectivity index (χ2v) is 9.08. The molecule has 0 N–H and O–H groups in total. The number of hydrogen-bond donors (Lipinski definition) is 0. The van der Waals surface area contributed by atoms with Crippen molar-refractivity contribution in [2.24, 2.45) is 5.41 Å². The molecule has 0 aromatic rings. The highest BCUT2D eigenvalue weighted by molar-refractivity contribution is 5.76. The van der Waals surface area contributed by atoms with Crippen LogP contribution in [0.25, 0.3) is 0 Å². The van der Waals surface area contributed by atoms with Crippen molar-refractivity contribution < 1.29 is 23.7 Å². The van der Waals surface area contributed by atoms with Crippen LogP contribution in [0.15, 0.2) is 0 Å². The van der Waals surface area contributed by atoms with Crippen molar-refractivity contribution in [1.82, 2.24) is 0 Å². The van der Waals surface area contributed by atoms with Crippen LogP contribution in [0.5, 0.6) is 0 Å². The molecule has 0 aromatic heterocycles. The predicted molar refractivity (Wildman–Crippen MR) is 96.5 cm³/mol. The minimum atomic E-state index is -0.695. The van der Waals surface area contributed by atoms with Gasteiger partial charge in [-0.25, -0.2) is 0 Å². The van der Waals surface area contributed by atoms with Gasteiger partial charge in [0.1, 0.15) is 17.3 Å². The highest BCUT2D eigenvalue weighted by Crippen LogP contribution is 2.49. The van der Waals surface area contributed by atoms with Crippen molar-refractivity contribution in [3.63, 3.8) is 0 Å². The fraction of sp³-hybridized carbons (Fsp3) is 0.950. The van der Waals surface area contributed by atoms with Crippen LogP contribution in [-0.2, 0) is 23.7 Å². The molecule has 0 amide bonds. The topological polar surface area (TPSA) is 54.0 Å². The summed E-state index contributed by atoms with van der Waals surface area (Å²) in [6, 6.07) is 0. The van der Waals surface area contributed by atoms with E-state index in [2.05, 4.69) is 27.7 Å². The van der Waals surface area contributed by atoms with Gasteiger partial charge in [0.2, 0.25) is 0 Å². The molecule has 2 fully saturated rings. The number of hydrogen-bond acceptors (Lipinski definition) is 5. The largest absolute Gasteiger partial charge is 0.456 e. The maximum atomic E-state index is 12.6. The molecule has 0 aliphatic carbocycles. The molecule has 2 heterocycles. The minimum Gasteiger partial charge on any atom is -0.456 e. The summed E-state index contributed by atoms with van der Waals surface area (Å²) in [6.45, 7) is 17.0. The Morgan fingerprint density at radius 2 is 1.56 bits per heavy atom. The molecular formula is C20H36O5. The molecule has 2 aliphatic heterocycles. The Labute approximate surface area is 152 Å². The third kappa shape index (κ3) is 3.60. The van der Waals surface area contributed by atoms with E-state index in [0.29, 0.717) is 13.2 Å². The summed E-state index contributed by atoms with van der Waals surface area (Å²) in [7, 11) is 0. The van der Waals surface area contributed by atoms with Gasteiger partial charge in [0.05, 0.1) is 24.2 Å². The molecule has 5 heteroatoms. The quantitative estimate of drug-likeness (QED) is 0.648. The first kappa shape index (κ1) is 20.7. The first-order valence-electron chi connectivity index (χ1n) is 9.58. The SMILES string of the molecule is CCCC(C)(C)C(=O)OC1CO[C@]2(C)C(OC(C)(C)CC)CO[C@]12C. The zero-order chi connectivity index (χ0) is 19.1. The second kappa shape index (κ2) is 6.82. The van der Waals surface area contributed by atoms with Crippen molar-refractivity contribution in [2.75, 3.05) is 13.2 Å². The molecule has 0 radical (unpaired) electrons. The zero-order valence-corrected chi connectivity index (χ0v) is 17.2. The van der Waals surface area contributed by atoms with Crippen LogP contribution in [0.3, 0.4) is 0 Å². The Balaban J connectivity index is 2.13. The average Bonchev–Trinajstić information content (AvgIpc) is 2.90. The maximum absolute atomic E-state index is 12.6. The molecule has 5 nitrogen and oxygen atoms in total. The van der Waals surface area contributed by atoms with Crippen LogP contribution in [-0.4, -0.2) is 48.2 Å². The van der Waals surface area contributed by atoms with Crippen LogP contribution in [0.2, 0.25) is 0 Å². The van der Waals surface area contributed by atoms with E-state index >= 15 is 0 Å². The van der Waals surface area contributed by atoms with Gasteiger partial charge in [0.15, 0.2) is 6.10 Å². The average molecular weight is 357 g/mol. The molecular weight excluding hydrogens is 320 g/mol. The van der Waals surface area contributed by atoms with E-state index in [1.807, 2.05) is 27.7 Å². The minimum absolute atomic E-state index is 0.181. The summed E-state index contributed by atoms with van der Waals surface area (Å²) < 4.78 is 24.4. The van der Waals surface area contributed by atoms with E-state index in [1.165, 1.54) is 0 Å². The van der Waals surface area contributed by atoms with Crippen molar-refractivity contribution >= 4 is 5.97 Å². The van der Waals surface area contributed by atoms with Crippen molar-refractivity contribution in [3.8, 4) is 0 Å². The summed E-state index contributed by atoms with van der Waals surface area (Å²) in [5.74, 6) is -0.185. The summed E-state index contributed by atoms with van der Waals surface area (Å²) in [5, 5.41) is 0. The number of carbonyl (C=O) groups excluding carboxylic acids is 1. The van der Waals surface area contributed by atoms with Crippen LogP contribution in [0, 0.1) is 5.41 Å². The highest BCUT2D eigenvalue weighted by atomic mass is 16.7. The molecule has 2 rings (SSSR count). The van der Waals surface area contributed by atoms with Gasteiger partial charge in [-0.2, -0.15) is 0 Å².